The average Bonchev–Trinajstić information content (AvgIpc) is 2.63. The minimum Gasteiger partial charge on any atom is -0.481 e. The number of thiazole rings is 1. The molecule has 5 heteroatoms. The van der Waals surface area contributed by atoms with E-state index in [0.29, 0.717) is 0 Å². The van der Waals surface area contributed by atoms with Crippen LogP contribution in [0.2, 0.25) is 0 Å². The molecule has 0 radical (unpaired) electrons. The fraction of sp³-hybridized carbons (Fsp3) is 0.667. The third-order valence-electron chi connectivity index (χ3n) is 2.60. The van der Waals surface area contributed by atoms with E-state index in [1.165, 1.54) is 11.3 Å². The lowest BCUT2D eigenvalue weighted by Gasteiger charge is -2.16. The Morgan fingerprint density at radius 3 is 2.47 bits per heavy atom. The van der Waals surface area contributed by atoms with Crippen LogP contribution in [0, 0.1) is 0 Å². The zero-order chi connectivity index (χ0) is 12.8. The summed E-state index contributed by atoms with van der Waals surface area (Å²) in [6.45, 7) is 8.06. The smallest absolute Gasteiger partial charge is 0.308 e. The van der Waals surface area contributed by atoms with Gasteiger partial charge in [0.25, 0.3) is 0 Å². The summed E-state index contributed by atoms with van der Waals surface area (Å²) in [5.74, 6) is -0.780. The van der Waals surface area contributed by atoms with E-state index in [0.717, 1.165) is 41.6 Å². The van der Waals surface area contributed by atoms with Crippen molar-refractivity contribution >= 4 is 22.4 Å². The highest BCUT2D eigenvalue weighted by Gasteiger charge is 2.16. The Bertz CT molecular complexity index is 373. The van der Waals surface area contributed by atoms with E-state index < -0.39 is 5.97 Å². The number of carboxylic acids is 1. The van der Waals surface area contributed by atoms with Crippen molar-refractivity contribution < 1.29 is 9.90 Å². The van der Waals surface area contributed by atoms with Gasteiger partial charge in [-0.1, -0.05) is 13.3 Å². The highest BCUT2D eigenvalue weighted by atomic mass is 32.1. The highest BCUT2D eigenvalue weighted by molar-refractivity contribution is 7.15. The first kappa shape index (κ1) is 14.0. The number of nitrogens with zero attached hydrogens (tertiary/aromatic N) is 2. The summed E-state index contributed by atoms with van der Waals surface area (Å²) in [4.78, 5) is 18.5. The molecule has 17 heavy (non-hydrogen) atoms. The molecule has 96 valence electrons. The van der Waals surface area contributed by atoms with Crippen LogP contribution in [0.15, 0.2) is 0 Å². The largest absolute Gasteiger partial charge is 0.481 e. The van der Waals surface area contributed by atoms with E-state index in [9.17, 15) is 4.79 Å². The van der Waals surface area contributed by atoms with Gasteiger partial charge in [0.05, 0.1) is 12.1 Å². The van der Waals surface area contributed by atoms with Gasteiger partial charge in [-0.15, -0.1) is 11.3 Å². The number of anilines is 1. The molecule has 4 nitrogen and oxygen atoms in total. The highest BCUT2D eigenvalue weighted by Crippen LogP contribution is 2.27. The molecule has 0 aliphatic carbocycles. The minimum atomic E-state index is -0.780. The van der Waals surface area contributed by atoms with Gasteiger partial charge in [-0.25, -0.2) is 4.98 Å². The molecule has 1 aromatic rings. The van der Waals surface area contributed by atoms with Crippen LogP contribution < -0.4 is 4.90 Å². The number of aromatic nitrogens is 1. The zero-order valence-electron chi connectivity index (χ0n) is 10.7. The van der Waals surface area contributed by atoms with Crippen LogP contribution in [0.4, 0.5) is 5.13 Å². The van der Waals surface area contributed by atoms with Gasteiger partial charge in [0.1, 0.15) is 0 Å². The molecule has 0 aliphatic rings. The first-order valence-electron chi connectivity index (χ1n) is 6.07. The van der Waals surface area contributed by atoms with E-state index in [-0.39, 0.29) is 6.42 Å². The van der Waals surface area contributed by atoms with Crippen LogP contribution >= 0.6 is 11.3 Å². The zero-order valence-corrected chi connectivity index (χ0v) is 11.5. The van der Waals surface area contributed by atoms with Crippen molar-refractivity contribution in [3.63, 3.8) is 0 Å². The van der Waals surface area contributed by atoms with Crippen LogP contribution in [0.3, 0.4) is 0 Å². The van der Waals surface area contributed by atoms with Gasteiger partial charge in [-0.2, -0.15) is 0 Å². The Morgan fingerprint density at radius 1 is 1.35 bits per heavy atom. The van der Waals surface area contributed by atoms with Crippen molar-refractivity contribution in [2.45, 2.75) is 40.0 Å². The number of hydrogen-bond acceptors (Lipinski definition) is 4. The topological polar surface area (TPSA) is 53.4 Å². The number of aryl methyl sites for hydroxylation is 1. The van der Waals surface area contributed by atoms with Gasteiger partial charge in [-0.3, -0.25) is 4.79 Å². The normalized spacial score (nSPS) is 10.5. The van der Waals surface area contributed by atoms with Crippen molar-refractivity contribution in [1.29, 1.82) is 0 Å². The van der Waals surface area contributed by atoms with E-state index in [4.69, 9.17) is 5.11 Å². The average molecular weight is 256 g/mol. The molecule has 0 unspecified atom stereocenters. The number of carboxylic acid groups (broad SMARTS) is 1. The van der Waals surface area contributed by atoms with Gasteiger partial charge in [-0.05, 0) is 20.3 Å². The molecule has 0 spiro atoms. The van der Waals surface area contributed by atoms with E-state index >= 15 is 0 Å². The Morgan fingerprint density at radius 2 is 2.00 bits per heavy atom. The maximum absolute atomic E-state index is 10.8. The Kier molecular flexibility index (Phi) is 5.41. The lowest BCUT2D eigenvalue weighted by molar-refractivity contribution is -0.136. The molecule has 0 saturated carbocycles. The fourth-order valence-corrected chi connectivity index (χ4v) is 2.93. The molecular weight excluding hydrogens is 236 g/mol. The lowest BCUT2D eigenvalue weighted by Crippen LogP contribution is -2.21. The molecule has 0 atom stereocenters. The van der Waals surface area contributed by atoms with E-state index in [1.54, 1.807) is 0 Å². The van der Waals surface area contributed by atoms with Crippen molar-refractivity contribution in [3.05, 3.63) is 10.6 Å². The predicted molar refractivity (Wildman–Crippen MR) is 71.0 cm³/mol. The lowest BCUT2D eigenvalue weighted by atomic mass is 10.2. The van der Waals surface area contributed by atoms with Crippen molar-refractivity contribution in [1.82, 2.24) is 4.98 Å². The summed E-state index contributed by atoms with van der Waals surface area (Å²) in [7, 11) is 0. The van der Waals surface area contributed by atoms with Crippen molar-refractivity contribution in [2.24, 2.45) is 0 Å². The monoisotopic (exact) mass is 256 g/mol. The Hall–Kier alpha value is -1.10. The van der Waals surface area contributed by atoms with E-state index in [2.05, 4.69) is 30.7 Å². The van der Waals surface area contributed by atoms with Crippen LogP contribution in [-0.4, -0.2) is 29.1 Å². The van der Waals surface area contributed by atoms with Crippen molar-refractivity contribution in [3.8, 4) is 0 Å². The summed E-state index contributed by atoms with van der Waals surface area (Å²) in [5.41, 5.74) is 0.960. The van der Waals surface area contributed by atoms with Crippen LogP contribution in [-0.2, 0) is 17.6 Å². The van der Waals surface area contributed by atoms with Crippen LogP contribution in [0.5, 0.6) is 0 Å². The molecular formula is C12H20N2O2S. The molecule has 1 aromatic heterocycles. The minimum absolute atomic E-state index is 0.0915. The number of hydrogen-bond donors (Lipinski definition) is 1. The second-order valence-corrected chi connectivity index (χ2v) is 4.92. The second kappa shape index (κ2) is 6.59. The standard InChI is InChI=1S/C12H20N2O2S/c1-4-7-9-10(8-11(15)16)17-12(13-9)14(5-2)6-3/h4-8H2,1-3H3,(H,15,16). The number of rotatable bonds is 7. The van der Waals surface area contributed by atoms with E-state index in [1.807, 2.05) is 0 Å². The van der Waals surface area contributed by atoms with Gasteiger partial charge in [0.15, 0.2) is 5.13 Å². The fourth-order valence-electron chi connectivity index (χ4n) is 1.71. The second-order valence-electron chi connectivity index (χ2n) is 3.86. The summed E-state index contributed by atoms with van der Waals surface area (Å²) in [5, 5.41) is 9.84. The maximum Gasteiger partial charge on any atom is 0.308 e. The molecule has 0 aromatic carbocycles. The van der Waals surface area contributed by atoms with Gasteiger partial charge >= 0.3 is 5.97 Å². The Balaban J connectivity index is 2.97. The molecule has 0 fully saturated rings. The van der Waals surface area contributed by atoms with Gasteiger partial charge in [0, 0.05) is 18.0 Å². The first-order chi connectivity index (χ1) is 8.12. The van der Waals surface area contributed by atoms with Crippen LogP contribution in [0.25, 0.3) is 0 Å². The molecule has 1 heterocycles. The Labute approximate surface area is 106 Å². The SMILES string of the molecule is CCCc1nc(N(CC)CC)sc1CC(=O)O. The summed E-state index contributed by atoms with van der Waals surface area (Å²) in [6.07, 6.45) is 1.95. The van der Waals surface area contributed by atoms with Gasteiger partial charge < -0.3 is 10.0 Å². The molecule has 1 rings (SSSR count). The number of aliphatic carboxylic acids is 1. The summed E-state index contributed by atoms with van der Waals surface area (Å²) < 4.78 is 0. The quantitative estimate of drug-likeness (QED) is 0.814. The maximum atomic E-state index is 10.8. The molecule has 0 bridgehead atoms. The summed E-state index contributed by atoms with van der Waals surface area (Å²) in [6, 6.07) is 0. The third-order valence-corrected chi connectivity index (χ3v) is 3.76. The molecule has 0 amide bonds. The predicted octanol–water partition coefficient (Wildman–Crippen LogP) is 2.57. The summed E-state index contributed by atoms with van der Waals surface area (Å²) >= 11 is 1.52. The third kappa shape index (κ3) is 3.70. The van der Waals surface area contributed by atoms with Crippen molar-refractivity contribution in [2.75, 3.05) is 18.0 Å². The molecule has 0 saturated heterocycles. The van der Waals surface area contributed by atoms with Crippen LogP contribution in [0.1, 0.15) is 37.8 Å². The number of carbonyl (C=O) groups is 1. The first-order valence-corrected chi connectivity index (χ1v) is 6.89. The van der Waals surface area contributed by atoms with Gasteiger partial charge in [0.2, 0.25) is 0 Å². The molecule has 1 N–H and O–H groups in total. The molecule has 0 aliphatic heterocycles.